The van der Waals surface area contributed by atoms with Crippen molar-refractivity contribution in [3.8, 4) is 0 Å². The number of rotatable bonds is 4. The smallest absolute Gasteiger partial charge is 0.334 e. The SMILES string of the molecule is C=C1C(=O)O[C@@H]2[C@H]1[C@H](OC(=O)C(C)C)C(=O)[C@@H](C)CCC[C@](C)(O)[C@H]2OC(=O)C(C)C. The van der Waals surface area contributed by atoms with E-state index in [1.165, 1.54) is 6.92 Å². The molecule has 0 amide bonds. The Hall–Kier alpha value is -2.22. The van der Waals surface area contributed by atoms with Crippen molar-refractivity contribution in [3.05, 3.63) is 12.2 Å². The minimum absolute atomic E-state index is 0.0472. The van der Waals surface area contributed by atoms with Crippen LogP contribution in [0.4, 0.5) is 0 Å². The van der Waals surface area contributed by atoms with Crippen LogP contribution < -0.4 is 0 Å². The second kappa shape index (κ2) is 9.51. The first-order valence-corrected chi connectivity index (χ1v) is 10.8. The van der Waals surface area contributed by atoms with E-state index in [-0.39, 0.29) is 17.8 Å². The number of ether oxygens (including phenoxy) is 3. The van der Waals surface area contributed by atoms with Crippen LogP contribution in [0.1, 0.15) is 60.8 Å². The Morgan fingerprint density at radius 3 is 2.23 bits per heavy atom. The summed E-state index contributed by atoms with van der Waals surface area (Å²) in [5.74, 6) is -4.83. The molecule has 0 unspecified atom stereocenters. The normalized spacial score (nSPS) is 34.4. The topological polar surface area (TPSA) is 116 Å². The lowest BCUT2D eigenvalue weighted by Crippen LogP contribution is -2.55. The fourth-order valence-corrected chi connectivity index (χ4v) is 3.92. The summed E-state index contributed by atoms with van der Waals surface area (Å²) in [5, 5.41) is 11.2. The van der Waals surface area contributed by atoms with Gasteiger partial charge >= 0.3 is 17.9 Å². The quantitative estimate of drug-likeness (QED) is 0.404. The molecule has 2 fully saturated rings. The van der Waals surface area contributed by atoms with E-state index in [1.54, 1.807) is 34.6 Å². The van der Waals surface area contributed by atoms with E-state index >= 15 is 0 Å². The van der Waals surface area contributed by atoms with Gasteiger partial charge in [0.25, 0.3) is 0 Å². The largest absolute Gasteiger partial charge is 0.455 e. The van der Waals surface area contributed by atoms with Gasteiger partial charge in [-0.25, -0.2) is 4.79 Å². The predicted molar refractivity (Wildman–Crippen MR) is 111 cm³/mol. The van der Waals surface area contributed by atoms with E-state index in [0.29, 0.717) is 12.8 Å². The molecule has 0 spiro atoms. The van der Waals surface area contributed by atoms with E-state index in [1.807, 2.05) is 0 Å². The summed E-state index contributed by atoms with van der Waals surface area (Å²) in [6.45, 7) is 13.6. The summed E-state index contributed by atoms with van der Waals surface area (Å²) >= 11 is 0. The molecule has 174 valence electrons. The van der Waals surface area contributed by atoms with Gasteiger partial charge in [0.05, 0.1) is 17.8 Å². The summed E-state index contributed by atoms with van der Waals surface area (Å²) < 4.78 is 16.7. The first-order chi connectivity index (χ1) is 14.3. The zero-order valence-corrected chi connectivity index (χ0v) is 19.2. The van der Waals surface area contributed by atoms with Crippen LogP contribution in [-0.2, 0) is 33.4 Å². The van der Waals surface area contributed by atoms with E-state index in [4.69, 9.17) is 14.2 Å². The maximum atomic E-state index is 13.3. The summed E-state index contributed by atoms with van der Waals surface area (Å²) in [6.07, 6.45) is -2.66. The molecule has 0 radical (unpaired) electrons. The van der Waals surface area contributed by atoms with Crippen molar-refractivity contribution >= 4 is 23.7 Å². The van der Waals surface area contributed by atoms with Crippen molar-refractivity contribution in [2.75, 3.05) is 0 Å². The van der Waals surface area contributed by atoms with Crippen LogP contribution in [0, 0.1) is 23.7 Å². The maximum absolute atomic E-state index is 13.3. The number of carbonyl (C=O) groups is 4. The van der Waals surface area contributed by atoms with E-state index < -0.39 is 65.5 Å². The Kier molecular flexibility index (Phi) is 7.68. The van der Waals surface area contributed by atoms with Crippen LogP contribution in [0.15, 0.2) is 12.2 Å². The van der Waals surface area contributed by atoms with Gasteiger partial charge in [0.2, 0.25) is 0 Å². The molecular weight excluding hydrogens is 404 g/mol. The van der Waals surface area contributed by atoms with Crippen LogP contribution in [0.2, 0.25) is 0 Å². The zero-order chi connectivity index (χ0) is 23.7. The fourth-order valence-electron chi connectivity index (χ4n) is 3.92. The van der Waals surface area contributed by atoms with E-state index in [9.17, 15) is 24.3 Å². The van der Waals surface area contributed by atoms with Crippen molar-refractivity contribution in [1.29, 1.82) is 0 Å². The van der Waals surface area contributed by atoms with Gasteiger partial charge in [-0.2, -0.15) is 0 Å². The Morgan fingerprint density at radius 1 is 1.13 bits per heavy atom. The van der Waals surface area contributed by atoms with Gasteiger partial charge in [0, 0.05) is 11.5 Å². The van der Waals surface area contributed by atoms with Crippen molar-refractivity contribution in [1.82, 2.24) is 0 Å². The number of hydrogen-bond donors (Lipinski definition) is 1. The van der Waals surface area contributed by atoms with Crippen LogP contribution in [0.25, 0.3) is 0 Å². The molecule has 8 nitrogen and oxygen atoms in total. The summed E-state index contributed by atoms with van der Waals surface area (Å²) in [6, 6.07) is 0. The Morgan fingerprint density at radius 2 is 1.68 bits per heavy atom. The lowest BCUT2D eigenvalue weighted by molar-refractivity contribution is -0.196. The minimum Gasteiger partial charge on any atom is -0.455 e. The van der Waals surface area contributed by atoms with E-state index in [2.05, 4.69) is 6.58 Å². The minimum atomic E-state index is -1.54. The summed E-state index contributed by atoms with van der Waals surface area (Å²) in [7, 11) is 0. The van der Waals surface area contributed by atoms with Crippen LogP contribution in [-0.4, -0.2) is 52.7 Å². The van der Waals surface area contributed by atoms with Gasteiger partial charge in [-0.15, -0.1) is 0 Å². The molecule has 2 rings (SSSR count). The molecule has 2 aliphatic rings. The van der Waals surface area contributed by atoms with Gasteiger partial charge in [-0.05, 0) is 26.2 Å². The van der Waals surface area contributed by atoms with Gasteiger partial charge in [0.1, 0.15) is 5.60 Å². The highest BCUT2D eigenvalue weighted by atomic mass is 16.6. The van der Waals surface area contributed by atoms with Crippen molar-refractivity contribution in [2.45, 2.75) is 84.7 Å². The summed E-state index contributed by atoms with van der Waals surface area (Å²) in [5.41, 5.74) is -1.58. The number of fused-ring (bicyclic) bond motifs is 1. The molecule has 1 saturated carbocycles. The standard InChI is InChI=1S/C23H34O8/c1-11(2)20(25)29-17-15-14(6)22(27)30-18(15)19(31-21(26)12(3)4)23(7,28)10-8-9-13(5)16(17)24/h11-13,15,17-19,28H,6,8-10H2,1-5,7H3/t13-,15+,17-,18+,19-,23-/m0/s1. The van der Waals surface area contributed by atoms with Crippen molar-refractivity contribution in [3.63, 3.8) is 0 Å². The second-order valence-electron chi connectivity index (χ2n) is 9.50. The lowest BCUT2D eigenvalue weighted by Gasteiger charge is -2.40. The molecule has 0 bridgehead atoms. The fraction of sp³-hybridized carbons (Fsp3) is 0.739. The van der Waals surface area contributed by atoms with Crippen molar-refractivity contribution < 1.29 is 38.5 Å². The average Bonchev–Trinajstić information content (AvgIpc) is 2.96. The molecule has 0 aromatic rings. The Labute approximate surface area is 183 Å². The third-order valence-electron chi connectivity index (χ3n) is 6.01. The highest BCUT2D eigenvalue weighted by Crippen LogP contribution is 2.41. The molecule has 1 saturated heterocycles. The van der Waals surface area contributed by atoms with Crippen LogP contribution in [0.5, 0.6) is 0 Å². The molecular formula is C23H34O8. The molecule has 31 heavy (non-hydrogen) atoms. The third kappa shape index (κ3) is 5.34. The first-order valence-electron chi connectivity index (χ1n) is 10.8. The molecule has 1 aliphatic heterocycles. The Bertz CT molecular complexity index is 751. The first kappa shape index (κ1) is 25.0. The third-order valence-corrected chi connectivity index (χ3v) is 6.01. The second-order valence-corrected chi connectivity index (χ2v) is 9.50. The number of carbonyl (C=O) groups excluding carboxylic acids is 4. The monoisotopic (exact) mass is 438 g/mol. The van der Waals surface area contributed by atoms with Crippen molar-refractivity contribution in [2.24, 2.45) is 23.7 Å². The lowest BCUT2D eigenvalue weighted by atomic mass is 9.76. The zero-order valence-electron chi connectivity index (χ0n) is 19.2. The van der Waals surface area contributed by atoms with Gasteiger partial charge in [-0.3, -0.25) is 14.4 Å². The van der Waals surface area contributed by atoms with Crippen LogP contribution in [0.3, 0.4) is 0 Å². The van der Waals surface area contributed by atoms with E-state index in [0.717, 1.165) is 0 Å². The summed E-state index contributed by atoms with van der Waals surface area (Å²) in [4.78, 5) is 50.6. The molecule has 1 N–H and O–H groups in total. The number of aliphatic hydroxyl groups is 1. The molecule has 1 heterocycles. The highest BCUT2D eigenvalue weighted by molar-refractivity contribution is 5.95. The molecule has 8 heteroatoms. The van der Waals surface area contributed by atoms with Crippen LogP contribution >= 0.6 is 0 Å². The average molecular weight is 439 g/mol. The number of hydrogen-bond acceptors (Lipinski definition) is 8. The highest BCUT2D eigenvalue weighted by Gasteiger charge is 2.57. The molecule has 0 aromatic carbocycles. The number of ketones is 1. The predicted octanol–water partition coefficient (Wildman–Crippen LogP) is 2.36. The number of esters is 3. The van der Waals surface area contributed by atoms with Gasteiger partial charge in [0.15, 0.2) is 24.1 Å². The van der Waals surface area contributed by atoms with Gasteiger partial charge in [-0.1, -0.05) is 41.2 Å². The molecule has 1 aliphatic carbocycles. The number of Topliss-reactive ketones (excluding diaryl/α,β-unsaturated/α-hetero) is 1. The maximum Gasteiger partial charge on any atom is 0.334 e. The molecule has 0 aromatic heterocycles. The Balaban J connectivity index is 2.58. The molecule has 6 atom stereocenters. The van der Waals surface area contributed by atoms with Gasteiger partial charge < -0.3 is 19.3 Å².